The molecule has 0 amide bonds. The normalized spacial score (nSPS) is 20.3. The lowest BCUT2D eigenvalue weighted by Gasteiger charge is -2.32. The Morgan fingerprint density at radius 1 is 1.20 bits per heavy atom. The van der Waals surface area contributed by atoms with Gasteiger partial charge in [-0.3, -0.25) is 0 Å². The van der Waals surface area contributed by atoms with E-state index in [-0.39, 0.29) is 0 Å². The van der Waals surface area contributed by atoms with Crippen LogP contribution in [0, 0.1) is 0 Å². The Labute approximate surface area is 93.7 Å². The molecule has 1 heterocycles. The maximum absolute atomic E-state index is 10.6. The zero-order valence-corrected chi connectivity index (χ0v) is 10.4. The zero-order valence-electron chi connectivity index (χ0n) is 9.56. The van der Waals surface area contributed by atoms with Crippen LogP contribution < -0.4 is 0 Å². The van der Waals surface area contributed by atoms with Gasteiger partial charge in [0.25, 0.3) is 0 Å². The monoisotopic (exact) mass is 235 g/mol. The molecule has 1 aliphatic rings. The number of nitrogens with zero attached hydrogens (tertiary/aromatic N) is 3. The second kappa shape index (κ2) is 6.42. The summed E-state index contributed by atoms with van der Waals surface area (Å²) < 4.78 is 22.5. The SMILES string of the molecule is CN1CCN(CCCN(C)[SH](=O)=O)CC1. The van der Waals surface area contributed by atoms with E-state index >= 15 is 0 Å². The van der Waals surface area contributed by atoms with E-state index in [9.17, 15) is 8.42 Å². The van der Waals surface area contributed by atoms with Crippen molar-refractivity contribution in [1.82, 2.24) is 14.1 Å². The smallest absolute Gasteiger partial charge is 0.203 e. The lowest BCUT2D eigenvalue weighted by atomic mass is 10.3. The maximum atomic E-state index is 10.6. The van der Waals surface area contributed by atoms with E-state index in [1.165, 1.54) is 4.31 Å². The van der Waals surface area contributed by atoms with Crippen molar-refractivity contribution in [2.45, 2.75) is 6.42 Å². The van der Waals surface area contributed by atoms with Gasteiger partial charge in [0.2, 0.25) is 10.9 Å². The lowest BCUT2D eigenvalue weighted by molar-refractivity contribution is 0.151. The van der Waals surface area contributed by atoms with Crippen molar-refractivity contribution in [3.63, 3.8) is 0 Å². The number of thiol groups is 1. The fourth-order valence-electron chi connectivity index (χ4n) is 1.68. The maximum Gasteiger partial charge on any atom is 0.203 e. The standard InChI is InChI=1S/C9H21N3O2S/c1-10-6-8-12(9-7-10)5-3-4-11(2)15(13)14/h15H,3-9H2,1-2H3. The summed E-state index contributed by atoms with van der Waals surface area (Å²) in [6.45, 7) is 6.07. The molecule has 0 N–H and O–H groups in total. The molecule has 90 valence electrons. The topological polar surface area (TPSA) is 43.9 Å². The summed E-state index contributed by atoms with van der Waals surface area (Å²) >= 11 is 0. The number of hydrogen-bond donors (Lipinski definition) is 1. The van der Waals surface area contributed by atoms with Gasteiger partial charge in [-0.2, -0.15) is 0 Å². The van der Waals surface area contributed by atoms with Gasteiger partial charge in [-0.05, 0) is 20.0 Å². The van der Waals surface area contributed by atoms with Crippen LogP contribution in [-0.4, -0.2) is 75.9 Å². The number of likely N-dealkylation sites (N-methyl/N-ethyl adjacent to an activating group) is 1. The molecule has 0 spiro atoms. The molecule has 0 aliphatic carbocycles. The molecule has 1 aliphatic heterocycles. The Hall–Kier alpha value is -0.170. The van der Waals surface area contributed by atoms with Crippen molar-refractivity contribution in [1.29, 1.82) is 0 Å². The Balaban J connectivity index is 2.10. The minimum atomic E-state index is -2.39. The Morgan fingerprint density at radius 3 is 2.33 bits per heavy atom. The first-order valence-electron chi connectivity index (χ1n) is 5.36. The summed E-state index contributed by atoms with van der Waals surface area (Å²) in [7, 11) is 1.36. The van der Waals surface area contributed by atoms with Gasteiger partial charge in [0.05, 0.1) is 0 Å². The average molecular weight is 235 g/mol. The summed E-state index contributed by atoms with van der Waals surface area (Å²) in [5.74, 6) is 0. The third-order valence-corrected chi connectivity index (χ3v) is 3.59. The van der Waals surface area contributed by atoms with E-state index in [1.807, 2.05) is 0 Å². The second-order valence-electron chi connectivity index (χ2n) is 4.12. The predicted molar refractivity (Wildman–Crippen MR) is 61.5 cm³/mol. The van der Waals surface area contributed by atoms with Crippen molar-refractivity contribution >= 4 is 10.9 Å². The molecule has 6 heteroatoms. The van der Waals surface area contributed by atoms with Crippen LogP contribution in [0.2, 0.25) is 0 Å². The lowest BCUT2D eigenvalue weighted by Crippen LogP contribution is -2.45. The van der Waals surface area contributed by atoms with Gasteiger partial charge in [0.1, 0.15) is 0 Å². The van der Waals surface area contributed by atoms with E-state index in [1.54, 1.807) is 7.05 Å². The summed E-state index contributed by atoms with van der Waals surface area (Å²) in [6.07, 6.45) is 0.920. The van der Waals surface area contributed by atoms with Gasteiger partial charge in [-0.1, -0.05) is 0 Å². The Bertz CT molecular complexity index is 242. The molecule has 1 fully saturated rings. The molecule has 0 aromatic heterocycles. The van der Waals surface area contributed by atoms with Crippen LogP contribution in [0.15, 0.2) is 0 Å². The highest BCUT2D eigenvalue weighted by Gasteiger charge is 2.13. The van der Waals surface area contributed by atoms with Gasteiger partial charge >= 0.3 is 0 Å². The highest BCUT2D eigenvalue weighted by molar-refractivity contribution is 7.69. The van der Waals surface area contributed by atoms with Gasteiger partial charge in [-0.25, -0.2) is 12.7 Å². The second-order valence-corrected chi connectivity index (χ2v) is 5.28. The van der Waals surface area contributed by atoms with Crippen LogP contribution in [-0.2, 0) is 10.9 Å². The first kappa shape index (κ1) is 12.9. The molecule has 0 atom stereocenters. The molecule has 0 radical (unpaired) electrons. The van der Waals surface area contributed by atoms with E-state index in [2.05, 4.69) is 16.8 Å². The number of rotatable bonds is 5. The molecule has 5 nitrogen and oxygen atoms in total. The van der Waals surface area contributed by atoms with Crippen LogP contribution >= 0.6 is 0 Å². The molecule has 0 bridgehead atoms. The van der Waals surface area contributed by atoms with Gasteiger partial charge in [0.15, 0.2) is 0 Å². The van der Waals surface area contributed by atoms with Crippen molar-refractivity contribution in [2.75, 3.05) is 53.4 Å². The molecule has 1 rings (SSSR count). The summed E-state index contributed by atoms with van der Waals surface area (Å²) in [6, 6.07) is 0. The van der Waals surface area contributed by atoms with Gasteiger partial charge < -0.3 is 9.80 Å². The summed E-state index contributed by atoms with van der Waals surface area (Å²) in [5.41, 5.74) is 0. The predicted octanol–water partition coefficient (Wildman–Crippen LogP) is -0.918. The minimum Gasteiger partial charge on any atom is -0.304 e. The molecule has 1 saturated heterocycles. The molecule has 0 aromatic rings. The molecular formula is C9H21N3O2S. The first-order chi connectivity index (χ1) is 7.09. The van der Waals surface area contributed by atoms with E-state index in [0.29, 0.717) is 6.54 Å². The fraction of sp³-hybridized carbons (Fsp3) is 1.00. The zero-order chi connectivity index (χ0) is 11.3. The molecule has 0 saturated carbocycles. The van der Waals surface area contributed by atoms with Crippen molar-refractivity contribution < 1.29 is 8.42 Å². The van der Waals surface area contributed by atoms with Crippen molar-refractivity contribution in [3.05, 3.63) is 0 Å². The van der Waals surface area contributed by atoms with Crippen molar-refractivity contribution in [2.24, 2.45) is 0 Å². The van der Waals surface area contributed by atoms with Crippen LogP contribution in [0.25, 0.3) is 0 Å². The Kier molecular flexibility index (Phi) is 5.52. The van der Waals surface area contributed by atoms with E-state index in [0.717, 1.165) is 39.1 Å². The molecule has 0 unspecified atom stereocenters. The summed E-state index contributed by atoms with van der Waals surface area (Å²) in [5, 5.41) is 0. The van der Waals surface area contributed by atoms with Gasteiger partial charge in [-0.15, -0.1) is 0 Å². The molecule has 15 heavy (non-hydrogen) atoms. The largest absolute Gasteiger partial charge is 0.304 e. The quantitative estimate of drug-likeness (QED) is 0.626. The molecular weight excluding hydrogens is 214 g/mol. The minimum absolute atomic E-state index is 0.630. The average Bonchev–Trinajstić information content (AvgIpc) is 2.20. The van der Waals surface area contributed by atoms with Crippen LogP contribution in [0.1, 0.15) is 6.42 Å². The third-order valence-electron chi connectivity index (χ3n) is 2.83. The number of piperazine rings is 1. The third kappa shape index (κ3) is 4.92. The van der Waals surface area contributed by atoms with Crippen LogP contribution in [0.3, 0.4) is 0 Å². The van der Waals surface area contributed by atoms with Gasteiger partial charge in [0, 0.05) is 39.8 Å². The summed E-state index contributed by atoms with van der Waals surface area (Å²) in [4.78, 5) is 4.71. The van der Waals surface area contributed by atoms with Crippen LogP contribution in [0.4, 0.5) is 0 Å². The highest BCUT2D eigenvalue weighted by atomic mass is 32.2. The first-order valence-corrected chi connectivity index (χ1v) is 6.49. The van der Waals surface area contributed by atoms with Crippen LogP contribution in [0.5, 0.6) is 0 Å². The number of hydrogen-bond acceptors (Lipinski definition) is 4. The van der Waals surface area contributed by atoms with E-state index in [4.69, 9.17) is 0 Å². The highest BCUT2D eigenvalue weighted by Crippen LogP contribution is 2.00. The van der Waals surface area contributed by atoms with Crippen molar-refractivity contribution in [3.8, 4) is 0 Å². The fourth-order valence-corrected chi connectivity index (χ4v) is 1.98. The molecule has 0 aromatic carbocycles. The van der Waals surface area contributed by atoms with E-state index < -0.39 is 10.9 Å². The Morgan fingerprint density at radius 2 is 1.80 bits per heavy atom.